The summed E-state index contributed by atoms with van der Waals surface area (Å²) in [6, 6.07) is 5.22. The summed E-state index contributed by atoms with van der Waals surface area (Å²) in [7, 11) is 2.60. The molecule has 4 heteroatoms. The predicted molar refractivity (Wildman–Crippen MR) is 77.0 cm³/mol. The summed E-state index contributed by atoms with van der Waals surface area (Å²) in [6.07, 6.45) is 5.54. The molecule has 20 heavy (non-hydrogen) atoms. The number of hydrogen-bond acceptors (Lipinski definition) is 4. The van der Waals surface area contributed by atoms with Crippen LogP contribution in [0, 0.1) is 0 Å². The van der Waals surface area contributed by atoms with Crippen molar-refractivity contribution in [2.24, 2.45) is 0 Å². The lowest BCUT2D eigenvalue weighted by molar-refractivity contribution is 0.0555. The molecular formula is C16H22O4. The van der Waals surface area contributed by atoms with Gasteiger partial charge in [-0.25, -0.2) is 9.59 Å². The lowest BCUT2D eigenvalue weighted by Gasteiger charge is -2.09. The highest BCUT2D eigenvalue weighted by molar-refractivity contribution is 6.03. The minimum absolute atomic E-state index is 0.247. The van der Waals surface area contributed by atoms with Crippen molar-refractivity contribution in [3.05, 3.63) is 34.9 Å². The maximum atomic E-state index is 11.8. The van der Waals surface area contributed by atoms with Gasteiger partial charge in [0.2, 0.25) is 0 Å². The second kappa shape index (κ2) is 8.35. The normalized spacial score (nSPS) is 10.2. The van der Waals surface area contributed by atoms with Crippen LogP contribution in [0.3, 0.4) is 0 Å². The van der Waals surface area contributed by atoms with Crippen LogP contribution in [0.25, 0.3) is 0 Å². The first-order valence-electron chi connectivity index (χ1n) is 6.93. The molecule has 0 spiro atoms. The lowest BCUT2D eigenvalue weighted by atomic mass is 10.00. The molecule has 0 aromatic heterocycles. The van der Waals surface area contributed by atoms with Crippen molar-refractivity contribution in [2.45, 2.75) is 39.0 Å². The van der Waals surface area contributed by atoms with Crippen LogP contribution in [0.5, 0.6) is 0 Å². The molecule has 0 fully saturated rings. The van der Waals surface area contributed by atoms with Crippen LogP contribution in [0.1, 0.15) is 58.9 Å². The fourth-order valence-electron chi connectivity index (χ4n) is 2.07. The zero-order valence-corrected chi connectivity index (χ0v) is 12.4. The monoisotopic (exact) mass is 278 g/mol. The highest BCUT2D eigenvalue weighted by Gasteiger charge is 2.18. The van der Waals surface area contributed by atoms with Gasteiger partial charge in [-0.3, -0.25) is 0 Å². The van der Waals surface area contributed by atoms with Crippen LogP contribution in [0.15, 0.2) is 18.2 Å². The van der Waals surface area contributed by atoms with Crippen LogP contribution >= 0.6 is 0 Å². The summed E-state index contributed by atoms with van der Waals surface area (Å²) in [6.45, 7) is 2.17. The van der Waals surface area contributed by atoms with Crippen molar-refractivity contribution in [2.75, 3.05) is 14.2 Å². The number of hydrogen-bond donors (Lipinski definition) is 0. The standard InChI is InChI=1S/C16H22O4/c1-4-5-6-7-8-12-9-10-13(15(17)19-2)14(11-12)16(18)20-3/h9-11H,4-8H2,1-3H3. The molecule has 110 valence electrons. The molecule has 0 atom stereocenters. The molecule has 0 amide bonds. The predicted octanol–water partition coefficient (Wildman–Crippen LogP) is 3.38. The maximum absolute atomic E-state index is 11.8. The number of unbranched alkanes of at least 4 members (excludes halogenated alkanes) is 3. The fourth-order valence-corrected chi connectivity index (χ4v) is 2.07. The number of carbonyl (C=O) groups excluding carboxylic acids is 2. The summed E-state index contributed by atoms with van der Waals surface area (Å²) >= 11 is 0. The zero-order valence-electron chi connectivity index (χ0n) is 12.4. The molecule has 0 saturated heterocycles. The first kappa shape index (κ1) is 16.2. The molecule has 0 unspecified atom stereocenters. The zero-order chi connectivity index (χ0) is 15.0. The van der Waals surface area contributed by atoms with Crippen molar-refractivity contribution in [1.82, 2.24) is 0 Å². The molecule has 0 heterocycles. The summed E-state index contributed by atoms with van der Waals surface area (Å²) in [5, 5.41) is 0. The Morgan fingerprint density at radius 1 is 0.950 bits per heavy atom. The Bertz CT molecular complexity index is 466. The molecule has 4 nitrogen and oxygen atoms in total. The maximum Gasteiger partial charge on any atom is 0.338 e. The van der Waals surface area contributed by atoms with E-state index in [1.54, 1.807) is 12.1 Å². The molecule has 1 rings (SSSR count). The van der Waals surface area contributed by atoms with Gasteiger partial charge in [0, 0.05) is 0 Å². The minimum Gasteiger partial charge on any atom is -0.465 e. The number of carbonyl (C=O) groups is 2. The fraction of sp³-hybridized carbons (Fsp3) is 0.500. The first-order chi connectivity index (χ1) is 9.63. The van der Waals surface area contributed by atoms with Crippen LogP contribution in [0.4, 0.5) is 0 Å². The Morgan fingerprint density at radius 3 is 2.20 bits per heavy atom. The quantitative estimate of drug-likeness (QED) is 0.566. The number of rotatable bonds is 7. The number of aryl methyl sites for hydroxylation is 1. The van der Waals surface area contributed by atoms with E-state index in [1.165, 1.54) is 33.5 Å². The molecule has 0 N–H and O–H groups in total. The van der Waals surface area contributed by atoms with Crippen LogP contribution in [0.2, 0.25) is 0 Å². The Kier molecular flexibility index (Phi) is 6.77. The Morgan fingerprint density at radius 2 is 1.60 bits per heavy atom. The molecular weight excluding hydrogens is 256 g/mol. The Balaban J connectivity index is 2.90. The molecule has 1 aromatic rings. The molecule has 0 aliphatic carbocycles. The van der Waals surface area contributed by atoms with Gasteiger partial charge in [0.15, 0.2) is 0 Å². The Hall–Kier alpha value is -1.84. The van der Waals surface area contributed by atoms with E-state index in [-0.39, 0.29) is 11.1 Å². The van der Waals surface area contributed by atoms with Gasteiger partial charge in [-0.1, -0.05) is 32.3 Å². The SMILES string of the molecule is CCCCCCc1ccc(C(=O)OC)c(C(=O)OC)c1. The van der Waals surface area contributed by atoms with Crippen molar-refractivity contribution in [3.8, 4) is 0 Å². The van der Waals surface area contributed by atoms with Gasteiger partial charge in [-0.2, -0.15) is 0 Å². The van der Waals surface area contributed by atoms with Gasteiger partial charge in [0.1, 0.15) is 0 Å². The highest BCUT2D eigenvalue weighted by Crippen LogP contribution is 2.17. The third-order valence-corrected chi connectivity index (χ3v) is 3.21. The van der Waals surface area contributed by atoms with Crippen molar-refractivity contribution < 1.29 is 19.1 Å². The summed E-state index contributed by atoms with van der Waals surface area (Å²) in [4.78, 5) is 23.4. The van der Waals surface area contributed by atoms with E-state index >= 15 is 0 Å². The third-order valence-electron chi connectivity index (χ3n) is 3.21. The van der Waals surface area contributed by atoms with E-state index < -0.39 is 11.9 Å². The van der Waals surface area contributed by atoms with E-state index in [2.05, 4.69) is 11.7 Å². The number of ether oxygens (including phenoxy) is 2. The molecule has 1 aromatic carbocycles. The minimum atomic E-state index is -0.525. The summed E-state index contributed by atoms with van der Waals surface area (Å²) in [5.41, 5.74) is 1.55. The second-order valence-electron chi connectivity index (χ2n) is 4.67. The highest BCUT2D eigenvalue weighted by atomic mass is 16.5. The number of methoxy groups -OCH3 is 2. The largest absolute Gasteiger partial charge is 0.465 e. The topological polar surface area (TPSA) is 52.6 Å². The van der Waals surface area contributed by atoms with Gasteiger partial charge in [0.05, 0.1) is 25.3 Å². The molecule has 0 bridgehead atoms. The molecule has 0 radical (unpaired) electrons. The second-order valence-corrected chi connectivity index (χ2v) is 4.67. The van der Waals surface area contributed by atoms with E-state index in [4.69, 9.17) is 4.74 Å². The average Bonchev–Trinajstić information content (AvgIpc) is 2.49. The van der Waals surface area contributed by atoms with E-state index in [0.29, 0.717) is 0 Å². The van der Waals surface area contributed by atoms with Crippen LogP contribution in [-0.2, 0) is 15.9 Å². The van der Waals surface area contributed by atoms with E-state index in [9.17, 15) is 9.59 Å². The summed E-state index contributed by atoms with van der Waals surface area (Å²) in [5.74, 6) is -1.04. The van der Waals surface area contributed by atoms with E-state index in [1.807, 2.05) is 6.07 Å². The van der Waals surface area contributed by atoms with Gasteiger partial charge in [-0.05, 0) is 30.5 Å². The van der Waals surface area contributed by atoms with Crippen molar-refractivity contribution in [3.63, 3.8) is 0 Å². The number of esters is 2. The lowest BCUT2D eigenvalue weighted by Crippen LogP contribution is -2.12. The van der Waals surface area contributed by atoms with Crippen molar-refractivity contribution >= 4 is 11.9 Å². The van der Waals surface area contributed by atoms with Gasteiger partial charge in [-0.15, -0.1) is 0 Å². The summed E-state index contributed by atoms with van der Waals surface area (Å²) < 4.78 is 9.40. The Labute approximate surface area is 120 Å². The third kappa shape index (κ3) is 4.37. The molecule has 0 aliphatic rings. The van der Waals surface area contributed by atoms with Gasteiger partial charge >= 0.3 is 11.9 Å². The van der Waals surface area contributed by atoms with Crippen LogP contribution in [-0.4, -0.2) is 26.2 Å². The average molecular weight is 278 g/mol. The van der Waals surface area contributed by atoms with E-state index in [0.717, 1.165) is 18.4 Å². The van der Waals surface area contributed by atoms with Crippen LogP contribution < -0.4 is 0 Å². The van der Waals surface area contributed by atoms with Crippen molar-refractivity contribution in [1.29, 1.82) is 0 Å². The van der Waals surface area contributed by atoms with Gasteiger partial charge < -0.3 is 9.47 Å². The van der Waals surface area contributed by atoms with Gasteiger partial charge in [0.25, 0.3) is 0 Å². The molecule has 0 aliphatic heterocycles. The first-order valence-corrected chi connectivity index (χ1v) is 6.93. The smallest absolute Gasteiger partial charge is 0.338 e. The number of benzene rings is 1. The molecule has 0 saturated carbocycles.